The largest absolute Gasteiger partial charge is 0.383 e. The number of hydrogen-bond acceptors (Lipinski definition) is 6. The molecule has 0 atom stereocenters. The van der Waals surface area contributed by atoms with E-state index in [0.717, 1.165) is 27.9 Å². The zero-order valence-electron chi connectivity index (χ0n) is 19.3. The van der Waals surface area contributed by atoms with Crippen LogP contribution in [-0.2, 0) is 11.3 Å². The summed E-state index contributed by atoms with van der Waals surface area (Å²) in [6.07, 6.45) is 4.05. The number of primary amides is 1. The van der Waals surface area contributed by atoms with Crippen molar-refractivity contribution in [1.82, 2.24) is 24.3 Å². The average molecular weight is 466 g/mol. The number of aromatic nitrogens is 5. The Hall–Kier alpha value is -4.79. The number of nitrogen functional groups attached to an aromatic ring is 1. The first-order chi connectivity index (χ1) is 16.8. The van der Waals surface area contributed by atoms with Crippen LogP contribution in [0.15, 0.2) is 65.7 Å². The number of carbonyl (C=O) groups excluding carboxylic acids is 1. The topological polar surface area (TPSA) is 135 Å². The lowest BCUT2D eigenvalue weighted by molar-refractivity contribution is -0.113. The van der Waals surface area contributed by atoms with Crippen molar-refractivity contribution in [2.45, 2.75) is 20.4 Å². The first-order valence-electron chi connectivity index (χ1n) is 11.0. The summed E-state index contributed by atoms with van der Waals surface area (Å²) in [5.41, 5.74) is 15.6. The fourth-order valence-corrected chi connectivity index (χ4v) is 4.38. The number of hydrogen-bond donors (Lipinski definition) is 2. The summed E-state index contributed by atoms with van der Waals surface area (Å²) in [6.45, 7) is 4.13. The summed E-state index contributed by atoms with van der Waals surface area (Å²) in [7, 11) is 0. The van der Waals surface area contributed by atoms with Crippen molar-refractivity contribution in [2.24, 2.45) is 5.73 Å². The second-order valence-corrected chi connectivity index (χ2v) is 8.34. The van der Waals surface area contributed by atoms with Gasteiger partial charge in [-0.2, -0.15) is 5.10 Å². The highest BCUT2D eigenvalue weighted by Gasteiger charge is 2.18. The van der Waals surface area contributed by atoms with Gasteiger partial charge in [0.2, 0.25) is 5.91 Å². The van der Waals surface area contributed by atoms with Gasteiger partial charge in [-0.15, -0.1) is 0 Å². The number of fused-ring (bicyclic) bond motifs is 2. The highest BCUT2D eigenvalue weighted by molar-refractivity contribution is 5.97. The van der Waals surface area contributed by atoms with Crippen molar-refractivity contribution in [3.63, 3.8) is 0 Å². The normalized spacial score (nSPS) is 11.6. The predicted octanol–water partition coefficient (Wildman–Crippen LogP) is 2.88. The third kappa shape index (κ3) is 3.82. The Bertz CT molecular complexity index is 1710. The number of carbonyl (C=O) groups is 1. The molecule has 0 aliphatic carbocycles. The minimum atomic E-state index is -0.610. The van der Waals surface area contributed by atoms with Crippen LogP contribution in [-0.4, -0.2) is 30.2 Å². The molecule has 9 nitrogen and oxygen atoms in total. The van der Waals surface area contributed by atoms with Crippen LogP contribution in [0.3, 0.4) is 0 Å². The quantitative estimate of drug-likeness (QED) is 0.383. The monoisotopic (exact) mass is 465 g/mol. The van der Waals surface area contributed by atoms with Gasteiger partial charge in [0.1, 0.15) is 12.1 Å². The molecule has 9 heteroatoms. The number of benzene rings is 2. The Balaban J connectivity index is 1.78. The van der Waals surface area contributed by atoms with Gasteiger partial charge in [-0.1, -0.05) is 36.4 Å². The van der Waals surface area contributed by atoms with Gasteiger partial charge in [-0.05, 0) is 48.6 Å². The first kappa shape index (κ1) is 22.0. The van der Waals surface area contributed by atoms with E-state index in [9.17, 15) is 9.59 Å². The zero-order valence-corrected chi connectivity index (χ0v) is 19.3. The maximum absolute atomic E-state index is 13.8. The Morgan fingerprint density at radius 3 is 2.57 bits per heavy atom. The van der Waals surface area contributed by atoms with Crippen LogP contribution in [0.2, 0.25) is 0 Å². The molecule has 0 bridgehead atoms. The summed E-state index contributed by atoms with van der Waals surface area (Å²) < 4.78 is 3.38. The van der Waals surface area contributed by atoms with Crippen LogP contribution in [0, 0.1) is 13.8 Å². The minimum absolute atomic E-state index is 0.107. The third-order valence-corrected chi connectivity index (χ3v) is 5.99. The second kappa shape index (κ2) is 8.53. The summed E-state index contributed by atoms with van der Waals surface area (Å²) in [5, 5.41) is 6.64. The lowest BCUT2D eigenvalue weighted by Gasteiger charge is -2.17. The molecule has 1 amide bonds. The zero-order chi connectivity index (χ0) is 24.7. The Kier molecular flexibility index (Phi) is 5.37. The molecule has 5 rings (SSSR count). The standard InChI is InChI=1S/C26H23N7O2/c1-15-6-3-4-9-20(15)33-18(12-17-8-5-7-16(2)22(17)26(33)35)13-32-25-23(24(28)29-14-30-25)19(31-32)10-11-21(27)34/h3-12,14H,13H2,1-2H3,(H2,27,34)(H2,28,29,30). The molecule has 0 aliphatic heterocycles. The van der Waals surface area contributed by atoms with Crippen molar-refractivity contribution < 1.29 is 4.79 Å². The smallest absolute Gasteiger partial charge is 0.263 e. The molecule has 3 heterocycles. The Morgan fingerprint density at radius 2 is 1.80 bits per heavy atom. The van der Waals surface area contributed by atoms with Crippen LogP contribution < -0.4 is 17.0 Å². The first-order valence-corrected chi connectivity index (χ1v) is 11.0. The Labute approximate surface area is 200 Å². The molecular weight excluding hydrogens is 442 g/mol. The van der Waals surface area contributed by atoms with E-state index < -0.39 is 5.91 Å². The SMILES string of the molecule is Cc1ccccc1-n1c(Cn2nc(C=CC(N)=O)c3c(N)ncnc32)cc2cccc(C)c2c1=O. The summed E-state index contributed by atoms with van der Waals surface area (Å²) in [6, 6.07) is 15.5. The van der Waals surface area contributed by atoms with Crippen molar-refractivity contribution in [3.8, 4) is 5.69 Å². The van der Waals surface area contributed by atoms with Crippen LogP contribution in [0.4, 0.5) is 5.82 Å². The lowest BCUT2D eigenvalue weighted by Crippen LogP contribution is -2.25. The maximum Gasteiger partial charge on any atom is 0.263 e. The summed E-state index contributed by atoms with van der Waals surface area (Å²) in [5.74, 6) is -0.378. The van der Waals surface area contributed by atoms with E-state index in [4.69, 9.17) is 11.5 Å². The van der Waals surface area contributed by atoms with E-state index in [0.29, 0.717) is 22.1 Å². The van der Waals surface area contributed by atoms with Gasteiger partial charge < -0.3 is 11.5 Å². The van der Waals surface area contributed by atoms with E-state index in [1.807, 2.05) is 62.4 Å². The van der Waals surface area contributed by atoms with Gasteiger partial charge in [0, 0.05) is 11.8 Å². The van der Waals surface area contributed by atoms with Gasteiger partial charge in [0.15, 0.2) is 5.65 Å². The fourth-order valence-electron chi connectivity index (χ4n) is 4.38. The maximum atomic E-state index is 13.8. The Morgan fingerprint density at radius 1 is 1.03 bits per heavy atom. The highest BCUT2D eigenvalue weighted by Crippen LogP contribution is 2.25. The number of pyridine rings is 1. The van der Waals surface area contributed by atoms with Gasteiger partial charge in [0.25, 0.3) is 5.56 Å². The molecule has 2 aromatic carbocycles. The van der Waals surface area contributed by atoms with E-state index in [-0.39, 0.29) is 17.9 Å². The lowest BCUT2D eigenvalue weighted by atomic mass is 10.1. The van der Waals surface area contributed by atoms with E-state index >= 15 is 0 Å². The van der Waals surface area contributed by atoms with Crippen molar-refractivity contribution in [3.05, 3.63) is 93.8 Å². The average Bonchev–Trinajstić information content (AvgIpc) is 3.17. The van der Waals surface area contributed by atoms with Crippen molar-refractivity contribution >= 4 is 39.6 Å². The summed E-state index contributed by atoms with van der Waals surface area (Å²) in [4.78, 5) is 33.6. The van der Waals surface area contributed by atoms with Crippen LogP contribution >= 0.6 is 0 Å². The molecular formula is C26H23N7O2. The molecule has 0 unspecified atom stereocenters. The second-order valence-electron chi connectivity index (χ2n) is 8.34. The molecule has 3 aromatic heterocycles. The van der Waals surface area contributed by atoms with Crippen LogP contribution in [0.1, 0.15) is 22.5 Å². The number of nitrogens with zero attached hydrogens (tertiary/aromatic N) is 5. The molecule has 174 valence electrons. The predicted molar refractivity (Wildman–Crippen MR) is 136 cm³/mol. The molecule has 0 radical (unpaired) electrons. The van der Waals surface area contributed by atoms with Gasteiger partial charge >= 0.3 is 0 Å². The number of amides is 1. The number of nitrogens with two attached hydrogens (primary N) is 2. The molecule has 5 aromatic rings. The molecule has 0 saturated heterocycles. The van der Waals surface area contributed by atoms with Crippen molar-refractivity contribution in [2.75, 3.05) is 5.73 Å². The molecule has 35 heavy (non-hydrogen) atoms. The number of aryl methyl sites for hydroxylation is 2. The number of anilines is 1. The van der Waals surface area contributed by atoms with Crippen LogP contribution in [0.25, 0.3) is 33.6 Å². The third-order valence-electron chi connectivity index (χ3n) is 5.99. The molecule has 0 spiro atoms. The number of para-hydroxylation sites is 1. The van der Waals surface area contributed by atoms with E-state index in [2.05, 4.69) is 15.1 Å². The van der Waals surface area contributed by atoms with Gasteiger partial charge in [-0.3, -0.25) is 14.2 Å². The van der Waals surface area contributed by atoms with Crippen LogP contribution in [0.5, 0.6) is 0 Å². The van der Waals surface area contributed by atoms with Gasteiger partial charge in [-0.25, -0.2) is 14.6 Å². The van der Waals surface area contributed by atoms with Gasteiger partial charge in [0.05, 0.1) is 28.7 Å². The minimum Gasteiger partial charge on any atom is -0.383 e. The fraction of sp³-hybridized carbons (Fsp3) is 0.115. The molecule has 0 saturated carbocycles. The summed E-state index contributed by atoms with van der Waals surface area (Å²) >= 11 is 0. The van der Waals surface area contributed by atoms with E-state index in [1.54, 1.807) is 9.25 Å². The van der Waals surface area contributed by atoms with E-state index in [1.165, 1.54) is 18.5 Å². The molecule has 4 N–H and O–H groups in total. The molecule has 0 fully saturated rings. The highest BCUT2D eigenvalue weighted by atomic mass is 16.1. The molecule has 0 aliphatic rings. The number of rotatable bonds is 5. The van der Waals surface area contributed by atoms with Crippen molar-refractivity contribution in [1.29, 1.82) is 0 Å².